The summed E-state index contributed by atoms with van der Waals surface area (Å²) in [5, 5.41) is 0. The van der Waals surface area contributed by atoms with Crippen LogP contribution in [0.4, 0.5) is 0 Å². The third kappa shape index (κ3) is 1.57. The number of hydrogen-bond donors (Lipinski definition) is 0. The topological polar surface area (TPSA) is 69.7 Å². The molecule has 5 atom stereocenters. The first-order chi connectivity index (χ1) is 10.1. The van der Waals surface area contributed by atoms with Gasteiger partial charge in [-0.1, -0.05) is 6.92 Å². The number of carbonyl (C=O) groups excluding carboxylic acids is 3. The van der Waals surface area contributed by atoms with Crippen LogP contribution in [0.25, 0.3) is 0 Å². The summed E-state index contributed by atoms with van der Waals surface area (Å²) in [7, 11) is 0. The second kappa shape index (κ2) is 4.33. The second-order valence-electron chi connectivity index (χ2n) is 8.04. The summed E-state index contributed by atoms with van der Waals surface area (Å²) in [5.74, 6) is -1.17. The van der Waals surface area contributed by atoms with Crippen LogP contribution >= 0.6 is 0 Å². The number of ether oxygens (including phenoxy) is 2. The Bertz CT molecular complexity index is 565. The van der Waals surface area contributed by atoms with Crippen LogP contribution in [0.3, 0.4) is 0 Å². The van der Waals surface area contributed by atoms with E-state index < -0.39 is 28.2 Å². The molecule has 5 nitrogen and oxygen atoms in total. The number of cyclic esters (lactones) is 2. The lowest BCUT2D eigenvalue weighted by atomic mass is 9.58. The smallest absolute Gasteiger partial charge is 0.321 e. The zero-order valence-electron chi connectivity index (χ0n) is 13.9. The standard InChI is InChI=1S/C17H24O5/c1-6-15(2,3)12(18)21-11-8-9-7-10(11)17(5)14(20)22-13(19)16(9,17)4/h9-11H,6-8H2,1-5H3. The maximum absolute atomic E-state index is 12.3. The van der Waals surface area contributed by atoms with Crippen LogP contribution in [0.15, 0.2) is 0 Å². The molecule has 122 valence electrons. The van der Waals surface area contributed by atoms with Gasteiger partial charge in [0.2, 0.25) is 0 Å². The molecule has 1 heterocycles. The van der Waals surface area contributed by atoms with E-state index in [0.29, 0.717) is 12.8 Å². The largest absolute Gasteiger partial charge is 0.462 e. The molecular weight excluding hydrogens is 284 g/mol. The van der Waals surface area contributed by atoms with E-state index in [9.17, 15) is 14.4 Å². The van der Waals surface area contributed by atoms with E-state index in [1.165, 1.54) is 0 Å². The van der Waals surface area contributed by atoms with Crippen molar-refractivity contribution in [3.8, 4) is 0 Å². The highest BCUT2D eigenvalue weighted by Gasteiger charge is 2.78. The zero-order valence-corrected chi connectivity index (χ0v) is 13.9. The Balaban J connectivity index is 1.86. The van der Waals surface area contributed by atoms with Crippen LogP contribution in [0.1, 0.15) is 53.9 Å². The molecule has 1 saturated heterocycles. The quantitative estimate of drug-likeness (QED) is 0.592. The average molecular weight is 308 g/mol. The highest BCUT2D eigenvalue weighted by atomic mass is 16.6. The molecule has 0 aromatic rings. The molecule has 2 saturated carbocycles. The Kier molecular flexibility index (Phi) is 3.05. The summed E-state index contributed by atoms with van der Waals surface area (Å²) in [5.41, 5.74) is -2.16. The van der Waals surface area contributed by atoms with Crippen LogP contribution in [0.5, 0.6) is 0 Å². The van der Waals surface area contributed by atoms with E-state index in [4.69, 9.17) is 9.47 Å². The summed E-state index contributed by atoms with van der Waals surface area (Å²) >= 11 is 0. The van der Waals surface area contributed by atoms with Gasteiger partial charge in [-0.25, -0.2) is 0 Å². The number of carbonyl (C=O) groups is 3. The van der Waals surface area contributed by atoms with Crippen LogP contribution in [-0.2, 0) is 23.9 Å². The molecule has 0 amide bonds. The van der Waals surface area contributed by atoms with Gasteiger partial charge in [-0.2, -0.15) is 0 Å². The molecule has 0 N–H and O–H groups in total. The second-order valence-corrected chi connectivity index (χ2v) is 8.04. The van der Waals surface area contributed by atoms with E-state index >= 15 is 0 Å². The Morgan fingerprint density at radius 2 is 1.82 bits per heavy atom. The summed E-state index contributed by atoms with van der Waals surface area (Å²) in [6.45, 7) is 9.31. The Morgan fingerprint density at radius 3 is 2.41 bits per heavy atom. The predicted molar refractivity (Wildman–Crippen MR) is 77.5 cm³/mol. The van der Waals surface area contributed by atoms with Crippen molar-refractivity contribution in [2.75, 3.05) is 0 Å². The van der Waals surface area contributed by atoms with E-state index in [1.54, 1.807) is 6.92 Å². The summed E-state index contributed by atoms with van der Waals surface area (Å²) in [6, 6.07) is 0. The molecule has 0 aromatic carbocycles. The maximum Gasteiger partial charge on any atom is 0.321 e. The van der Waals surface area contributed by atoms with Crippen LogP contribution in [0.2, 0.25) is 0 Å². The van der Waals surface area contributed by atoms with Gasteiger partial charge in [0.15, 0.2) is 0 Å². The SMILES string of the molecule is CCC(C)(C)C(=O)OC1CC2CC1C1(C)C(=O)OC(=O)C21C. The molecule has 0 radical (unpaired) electrons. The van der Waals surface area contributed by atoms with Gasteiger partial charge >= 0.3 is 17.9 Å². The summed E-state index contributed by atoms with van der Waals surface area (Å²) in [6.07, 6.45) is 1.80. The lowest BCUT2D eigenvalue weighted by molar-refractivity contribution is -0.171. The highest BCUT2D eigenvalue weighted by Crippen LogP contribution is 2.70. The highest BCUT2D eigenvalue weighted by molar-refractivity contribution is 6.02. The van der Waals surface area contributed by atoms with Gasteiger partial charge in [0.25, 0.3) is 0 Å². The van der Waals surface area contributed by atoms with Gasteiger partial charge < -0.3 is 9.47 Å². The van der Waals surface area contributed by atoms with Gasteiger partial charge in [-0.15, -0.1) is 0 Å². The van der Waals surface area contributed by atoms with E-state index in [-0.39, 0.29) is 23.9 Å². The summed E-state index contributed by atoms with van der Waals surface area (Å²) in [4.78, 5) is 36.8. The number of rotatable bonds is 3. The van der Waals surface area contributed by atoms with Gasteiger partial charge in [-0.05, 0) is 52.9 Å². The average Bonchev–Trinajstić information content (AvgIpc) is 3.02. The third-order valence-electron chi connectivity index (χ3n) is 6.87. The minimum atomic E-state index is -0.867. The van der Waals surface area contributed by atoms with Gasteiger partial charge in [0.05, 0.1) is 16.2 Å². The minimum Gasteiger partial charge on any atom is -0.462 e. The van der Waals surface area contributed by atoms with Gasteiger partial charge in [-0.3, -0.25) is 14.4 Å². The third-order valence-corrected chi connectivity index (χ3v) is 6.87. The molecule has 2 bridgehead atoms. The molecular formula is C17H24O5. The minimum absolute atomic E-state index is 0.0454. The predicted octanol–water partition coefficient (Wildman–Crippen LogP) is 2.47. The lowest BCUT2D eigenvalue weighted by Gasteiger charge is -2.42. The normalized spacial score (nSPS) is 43.2. The molecule has 5 heteroatoms. The van der Waals surface area contributed by atoms with Crippen molar-refractivity contribution in [3.63, 3.8) is 0 Å². The lowest BCUT2D eigenvalue weighted by Crippen LogP contribution is -2.51. The molecule has 22 heavy (non-hydrogen) atoms. The van der Waals surface area contributed by atoms with Gasteiger partial charge in [0.1, 0.15) is 6.10 Å². The molecule has 1 aliphatic heterocycles. The van der Waals surface area contributed by atoms with E-state index in [2.05, 4.69) is 0 Å². The number of esters is 3. The van der Waals surface area contributed by atoms with Crippen molar-refractivity contribution < 1.29 is 23.9 Å². The van der Waals surface area contributed by atoms with Crippen LogP contribution in [-0.4, -0.2) is 24.0 Å². The van der Waals surface area contributed by atoms with Crippen molar-refractivity contribution >= 4 is 17.9 Å². The van der Waals surface area contributed by atoms with Crippen molar-refractivity contribution in [3.05, 3.63) is 0 Å². The first-order valence-corrected chi connectivity index (χ1v) is 8.06. The van der Waals surface area contributed by atoms with Crippen molar-refractivity contribution in [2.24, 2.45) is 28.1 Å². The molecule has 3 aliphatic rings. The Labute approximate surface area is 130 Å². The molecule has 3 fully saturated rings. The molecule has 2 aliphatic carbocycles. The first-order valence-electron chi connectivity index (χ1n) is 8.06. The molecule has 0 aromatic heterocycles. The van der Waals surface area contributed by atoms with Crippen molar-refractivity contribution in [2.45, 2.75) is 60.0 Å². The number of fused-ring (bicyclic) bond motifs is 5. The van der Waals surface area contributed by atoms with Crippen LogP contribution in [0, 0.1) is 28.1 Å². The Hall–Kier alpha value is -1.39. The number of hydrogen-bond acceptors (Lipinski definition) is 5. The summed E-state index contributed by atoms with van der Waals surface area (Å²) < 4.78 is 10.7. The van der Waals surface area contributed by atoms with Gasteiger partial charge in [0, 0.05) is 5.92 Å². The fourth-order valence-corrected chi connectivity index (χ4v) is 4.50. The van der Waals surface area contributed by atoms with Crippen LogP contribution < -0.4 is 0 Å². The van der Waals surface area contributed by atoms with E-state index in [1.807, 2.05) is 27.7 Å². The van der Waals surface area contributed by atoms with Crippen molar-refractivity contribution in [1.29, 1.82) is 0 Å². The molecule has 0 spiro atoms. The molecule has 5 unspecified atom stereocenters. The fourth-order valence-electron chi connectivity index (χ4n) is 4.50. The first kappa shape index (κ1) is 15.5. The van der Waals surface area contributed by atoms with Crippen molar-refractivity contribution in [1.82, 2.24) is 0 Å². The Morgan fingerprint density at radius 1 is 1.23 bits per heavy atom. The van der Waals surface area contributed by atoms with E-state index in [0.717, 1.165) is 6.42 Å². The molecule has 3 rings (SSSR count). The monoisotopic (exact) mass is 308 g/mol. The fraction of sp³-hybridized carbons (Fsp3) is 0.824. The maximum atomic E-state index is 12.3. The zero-order chi connectivity index (χ0) is 16.5.